The Bertz CT molecular complexity index is 689. The van der Waals surface area contributed by atoms with Crippen molar-refractivity contribution in [2.75, 3.05) is 14.2 Å². The summed E-state index contributed by atoms with van der Waals surface area (Å²) in [5.74, 6) is 1.10. The lowest BCUT2D eigenvalue weighted by Gasteiger charge is -2.16. The normalized spacial score (nSPS) is 11.7. The number of ether oxygens (including phenoxy) is 2. The Kier molecular flexibility index (Phi) is 5.54. The molecule has 6 nitrogen and oxygen atoms in total. The van der Waals surface area contributed by atoms with E-state index in [9.17, 15) is 4.79 Å². The molecule has 0 spiro atoms. The summed E-state index contributed by atoms with van der Waals surface area (Å²) in [6.45, 7) is 2.20. The van der Waals surface area contributed by atoms with Crippen LogP contribution in [0.15, 0.2) is 36.5 Å². The van der Waals surface area contributed by atoms with Crippen molar-refractivity contribution >= 4 is 5.91 Å². The monoisotopic (exact) mass is 315 g/mol. The number of carbonyl (C=O) groups is 1. The highest BCUT2D eigenvalue weighted by Gasteiger charge is 2.14. The van der Waals surface area contributed by atoms with E-state index in [1.165, 1.54) is 0 Å². The molecule has 2 aromatic rings. The van der Waals surface area contributed by atoms with Gasteiger partial charge in [-0.2, -0.15) is 0 Å². The third-order valence-electron chi connectivity index (χ3n) is 3.54. The third-order valence-corrected chi connectivity index (χ3v) is 3.54. The number of hydrogen-bond donors (Lipinski definition) is 2. The predicted molar refractivity (Wildman–Crippen MR) is 87.6 cm³/mol. The number of hydrogen-bond acceptors (Lipinski definition) is 5. The maximum atomic E-state index is 12.3. The first-order chi connectivity index (χ1) is 11.1. The van der Waals surface area contributed by atoms with E-state index in [0.717, 1.165) is 5.56 Å². The molecule has 0 aliphatic carbocycles. The highest BCUT2D eigenvalue weighted by Crippen LogP contribution is 2.29. The fourth-order valence-electron chi connectivity index (χ4n) is 2.22. The topological polar surface area (TPSA) is 86.5 Å². The second kappa shape index (κ2) is 7.60. The van der Waals surface area contributed by atoms with Crippen LogP contribution in [0.4, 0.5) is 0 Å². The highest BCUT2D eigenvalue weighted by molar-refractivity contribution is 5.94. The van der Waals surface area contributed by atoms with Crippen molar-refractivity contribution in [1.29, 1.82) is 0 Å². The second-order valence-electron chi connectivity index (χ2n) is 5.05. The summed E-state index contributed by atoms with van der Waals surface area (Å²) < 4.78 is 10.5. The summed E-state index contributed by atoms with van der Waals surface area (Å²) in [5, 5.41) is 2.95. The van der Waals surface area contributed by atoms with Crippen LogP contribution in [0.25, 0.3) is 0 Å². The molecule has 0 saturated carbocycles. The number of amides is 1. The predicted octanol–water partition coefficient (Wildman–Crippen LogP) is 2.05. The van der Waals surface area contributed by atoms with Crippen LogP contribution in [0.2, 0.25) is 0 Å². The number of methoxy groups -OCH3 is 2. The van der Waals surface area contributed by atoms with E-state index in [2.05, 4.69) is 10.3 Å². The molecule has 23 heavy (non-hydrogen) atoms. The Labute approximate surface area is 135 Å². The smallest absolute Gasteiger partial charge is 0.251 e. The number of nitrogens with one attached hydrogen (secondary N) is 1. The van der Waals surface area contributed by atoms with Crippen LogP contribution >= 0.6 is 0 Å². The molecule has 1 aromatic heterocycles. The first-order valence-electron chi connectivity index (χ1n) is 7.26. The molecule has 1 heterocycles. The number of carbonyl (C=O) groups excluding carboxylic acids is 1. The molecule has 122 valence electrons. The van der Waals surface area contributed by atoms with Crippen molar-refractivity contribution in [3.05, 3.63) is 53.3 Å². The fourth-order valence-corrected chi connectivity index (χ4v) is 2.22. The lowest BCUT2D eigenvalue weighted by Crippen LogP contribution is -2.26. The average molecular weight is 315 g/mol. The van der Waals surface area contributed by atoms with Crippen LogP contribution in [-0.2, 0) is 6.54 Å². The molecule has 0 aliphatic rings. The molecule has 3 N–H and O–H groups in total. The maximum Gasteiger partial charge on any atom is 0.251 e. The van der Waals surface area contributed by atoms with Crippen molar-refractivity contribution in [3.8, 4) is 11.5 Å². The molecule has 0 aliphatic heterocycles. The number of nitrogens with zero attached hydrogens (tertiary/aromatic N) is 1. The lowest BCUT2D eigenvalue weighted by molar-refractivity contribution is 0.0939. The van der Waals surface area contributed by atoms with E-state index >= 15 is 0 Å². The van der Waals surface area contributed by atoms with E-state index in [1.54, 1.807) is 32.5 Å². The van der Waals surface area contributed by atoms with Crippen molar-refractivity contribution in [1.82, 2.24) is 10.3 Å². The molecule has 2 rings (SSSR count). The first kappa shape index (κ1) is 16.8. The van der Waals surface area contributed by atoms with Gasteiger partial charge in [-0.1, -0.05) is 6.07 Å². The van der Waals surface area contributed by atoms with Gasteiger partial charge in [-0.05, 0) is 36.8 Å². The summed E-state index contributed by atoms with van der Waals surface area (Å²) in [6, 6.07) is 8.73. The number of rotatable bonds is 6. The van der Waals surface area contributed by atoms with Gasteiger partial charge < -0.3 is 20.5 Å². The molecule has 0 saturated heterocycles. The zero-order chi connectivity index (χ0) is 16.8. The molecule has 1 atom stereocenters. The highest BCUT2D eigenvalue weighted by atomic mass is 16.5. The van der Waals surface area contributed by atoms with Gasteiger partial charge in [0.2, 0.25) is 0 Å². The average Bonchev–Trinajstić information content (AvgIpc) is 2.60. The van der Waals surface area contributed by atoms with Gasteiger partial charge >= 0.3 is 0 Å². The molecule has 1 aromatic carbocycles. The van der Waals surface area contributed by atoms with Crippen LogP contribution in [0.5, 0.6) is 11.5 Å². The van der Waals surface area contributed by atoms with Gasteiger partial charge in [-0.3, -0.25) is 9.78 Å². The summed E-state index contributed by atoms with van der Waals surface area (Å²) >= 11 is 0. The van der Waals surface area contributed by atoms with Gasteiger partial charge in [-0.25, -0.2) is 0 Å². The fraction of sp³-hybridized carbons (Fsp3) is 0.294. The van der Waals surface area contributed by atoms with Crippen molar-refractivity contribution in [2.45, 2.75) is 19.5 Å². The minimum absolute atomic E-state index is 0.176. The zero-order valence-electron chi connectivity index (χ0n) is 13.5. The zero-order valence-corrected chi connectivity index (χ0v) is 13.5. The van der Waals surface area contributed by atoms with Crippen LogP contribution in [0, 0.1) is 0 Å². The van der Waals surface area contributed by atoms with Crippen LogP contribution < -0.4 is 20.5 Å². The van der Waals surface area contributed by atoms with E-state index in [0.29, 0.717) is 29.3 Å². The number of benzene rings is 1. The molecule has 1 amide bonds. The van der Waals surface area contributed by atoms with Crippen LogP contribution in [0.1, 0.15) is 34.6 Å². The van der Waals surface area contributed by atoms with E-state index < -0.39 is 0 Å². The summed E-state index contributed by atoms with van der Waals surface area (Å²) in [4.78, 5) is 16.4. The summed E-state index contributed by atoms with van der Waals surface area (Å²) in [6.07, 6.45) is 1.58. The Morgan fingerprint density at radius 3 is 2.61 bits per heavy atom. The van der Waals surface area contributed by atoms with Gasteiger partial charge in [0, 0.05) is 18.3 Å². The molecular formula is C17H21N3O3. The minimum Gasteiger partial charge on any atom is -0.493 e. The van der Waals surface area contributed by atoms with Gasteiger partial charge in [0.25, 0.3) is 5.91 Å². The largest absolute Gasteiger partial charge is 0.493 e. The SMILES string of the molecule is COc1ccc(C(C)NC(=O)c2ccnc(CN)c2)cc1OC. The first-order valence-corrected chi connectivity index (χ1v) is 7.26. The molecule has 0 radical (unpaired) electrons. The van der Waals surface area contributed by atoms with Gasteiger partial charge in [0.15, 0.2) is 11.5 Å². The summed E-state index contributed by atoms with van der Waals surface area (Å²) in [5.41, 5.74) is 7.68. The molecule has 0 fully saturated rings. The molecular weight excluding hydrogens is 294 g/mol. The van der Waals surface area contributed by atoms with Gasteiger partial charge in [-0.15, -0.1) is 0 Å². The quantitative estimate of drug-likeness (QED) is 0.852. The van der Waals surface area contributed by atoms with Crippen molar-refractivity contribution in [2.24, 2.45) is 5.73 Å². The van der Waals surface area contributed by atoms with E-state index in [1.807, 2.05) is 25.1 Å². The number of aromatic nitrogens is 1. The van der Waals surface area contributed by atoms with Crippen molar-refractivity contribution < 1.29 is 14.3 Å². The van der Waals surface area contributed by atoms with Crippen LogP contribution in [-0.4, -0.2) is 25.1 Å². The third kappa shape index (κ3) is 3.98. The number of pyridine rings is 1. The van der Waals surface area contributed by atoms with Gasteiger partial charge in [0.05, 0.1) is 26.0 Å². The minimum atomic E-state index is -0.184. The van der Waals surface area contributed by atoms with Gasteiger partial charge in [0.1, 0.15) is 0 Å². The van der Waals surface area contributed by atoms with Crippen molar-refractivity contribution in [3.63, 3.8) is 0 Å². The Morgan fingerprint density at radius 2 is 1.96 bits per heavy atom. The molecule has 0 bridgehead atoms. The Hall–Kier alpha value is -2.60. The van der Waals surface area contributed by atoms with E-state index in [-0.39, 0.29) is 11.9 Å². The molecule has 6 heteroatoms. The standard InChI is InChI=1S/C17H21N3O3/c1-11(12-4-5-15(22-2)16(9-12)23-3)20-17(21)13-6-7-19-14(8-13)10-18/h4-9,11H,10,18H2,1-3H3,(H,20,21). The molecule has 1 unspecified atom stereocenters. The van der Waals surface area contributed by atoms with E-state index in [4.69, 9.17) is 15.2 Å². The lowest BCUT2D eigenvalue weighted by atomic mass is 10.1. The Balaban J connectivity index is 2.14. The number of nitrogens with two attached hydrogens (primary N) is 1. The maximum absolute atomic E-state index is 12.3. The second-order valence-corrected chi connectivity index (χ2v) is 5.05. The summed E-state index contributed by atoms with van der Waals surface area (Å²) in [7, 11) is 3.16. The van der Waals surface area contributed by atoms with Crippen LogP contribution in [0.3, 0.4) is 0 Å². The Morgan fingerprint density at radius 1 is 1.22 bits per heavy atom.